The largest absolute Gasteiger partial charge is 0.340 e. The van der Waals surface area contributed by atoms with Crippen LogP contribution in [-0.4, -0.2) is 29.0 Å². The summed E-state index contributed by atoms with van der Waals surface area (Å²) >= 11 is 0. The predicted octanol–water partition coefficient (Wildman–Crippen LogP) is 2.61. The van der Waals surface area contributed by atoms with E-state index < -0.39 is 11.6 Å². The summed E-state index contributed by atoms with van der Waals surface area (Å²) in [6.07, 6.45) is 4.79. The molecular formula is C16H16F2N4O. The molecule has 1 aromatic carbocycles. The van der Waals surface area contributed by atoms with E-state index in [-0.39, 0.29) is 17.5 Å². The summed E-state index contributed by atoms with van der Waals surface area (Å²) in [6, 6.07) is 4.72. The highest BCUT2D eigenvalue weighted by molar-refractivity contribution is 5.93. The third kappa shape index (κ3) is 3.61. The third-order valence-corrected chi connectivity index (χ3v) is 3.81. The molecule has 1 saturated heterocycles. The quantitative estimate of drug-likeness (QED) is 0.945. The van der Waals surface area contributed by atoms with Crippen LogP contribution in [0.15, 0.2) is 36.7 Å². The number of anilines is 2. The van der Waals surface area contributed by atoms with Gasteiger partial charge in [-0.2, -0.15) is 0 Å². The van der Waals surface area contributed by atoms with Crippen molar-refractivity contribution in [3.63, 3.8) is 0 Å². The first-order valence-electron chi connectivity index (χ1n) is 7.41. The van der Waals surface area contributed by atoms with Crippen LogP contribution in [-0.2, 0) is 4.79 Å². The number of benzene rings is 1. The molecule has 0 spiro atoms. The molecule has 1 N–H and O–H groups in total. The number of nitrogens with one attached hydrogen (secondary N) is 1. The van der Waals surface area contributed by atoms with Crippen LogP contribution in [0.1, 0.15) is 12.8 Å². The molecule has 1 aliphatic heterocycles. The second-order valence-electron chi connectivity index (χ2n) is 5.45. The zero-order valence-corrected chi connectivity index (χ0v) is 12.4. The number of carbonyl (C=O) groups is 1. The molecule has 1 unspecified atom stereocenters. The number of hydrogen-bond donors (Lipinski definition) is 1. The smallest absolute Gasteiger partial charge is 0.229 e. The van der Waals surface area contributed by atoms with Crippen molar-refractivity contribution in [2.24, 2.45) is 5.92 Å². The van der Waals surface area contributed by atoms with Gasteiger partial charge in [-0.15, -0.1) is 0 Å². The monoisotopic (exact) mass is 318 g/mol. The Bertz CT molecular complexity index is 696. The number of piperidine rings is 1. The van der Waals surface area contributed by atoms with Crippen LogP contribution < -0.4 is 10.2 Å². The minimum atomic E-state index is -0.654. The Hall–Kier alpha value is -2.57. The van der Waals surface area contributed by atoms with Crippen LogP contribution in [0.5, 0.6) is 0 Å². The van der Waals surface area contributed by atoms with E-state index in [0.29, 0.717) is 18.9 Å². The lowest BCUT2D eigenvalue weighted by Crippen LogP contribution is -2.41. The number of halogens is 2. The molecule has 0 radical (unpaired) electrons. The standard InChI is InChI=1S/C16H16F2N4O/c17-12-4-5-13(18)14(9-12)21-15(23)11-3-1-8-22(10-11)16-19-6-2-7-20-16/h2,4-7,9,11H,1,3,8,10H2,(H,21,23). The molecule has 1 atom stereocenters. The molecular weight excluding hydrogens is 302 g/mol. The maximum atomic E-state index is 13.6. The molecule has 7 heteroatoms. The van der Waals surface area contributed by atoms with Gasteiger partial charge in [-0.25, -0.2) is 18.7 Å². The molecule has 0 aliphatic carbocycles. The van der Waals surface area contributed by atoms with Crippen molar-refractivity contribution in [2.45, 2.75) is 12.8 Å². The van der Waals surface area contributed by atoms with Gasteiger partial charge in [0.15, 0.2) is 0 Å². The van der Waals surface area contributed by atoms with Crippen LogP contribution in [0.3, 0.4) is 0 Å². The highest BCUT2D eigenvalue weighted by atomic mass is 19.1. The number of amides is 1. The van der Waals surface area contributed by atoms with Crippen molar-refractivity contribution in [2.75, 3.05) is 23.3 Å². The predicted molar refractivity (Wildman–Crippen MR) is 82.0 cm³/mol. The minimum absolute atomic E-state index is 0.136. The van der Waals surface area contributed by atoms with E-state index in [4.69, 9.17) is 0 Å². The summed E-state index contributed by atoms with van der Waals surface area (Å²) in [5.74, 6) is -1.32. The summed E-state index contributed by atoms with van der Waals surface area (Å²) in [7, 11) is 0. The van der Waals surface area contributed by atoms with Gasteiger partial charge >= 0.3 is 0 Å². The van der Waals surface area contributed by atoms with E-state index in [1.165, 1.54) is 0 Å². The second-order valence-corrected chi connectivity index (χ2v) is 5.45. The van der Waals surface area contributed by atoms with Crippen LogP contribution in [0, 0.1) is 17.6 Å². The van der Waals surface area contributed by atoms with E-state index >= 15 is 0 Å². The number of hydrogen-bond acceptors (Lipinski definition) is 4. The van der Waals surface area contributed by atoms with Gasteiger partial charge in [0.25, 0.3) is 0 Å². The Morgan fingerprint density at radius 3 is 2.83 bits per heavy atom. The van der Waals surface area contributed by atoms with Crippen molar-refractivity contribution in [1.82, 2.24) is 9.97 Å². The van der Waals surface area contributed by atoms with Crippen LogP contribution in [0.25, 0.3) is 0 Å². The first kappa shape index (κ1) is 15.3. The first-order valence-corrected chi connectivity index (χ1v) is 7.41. The van der Waals surface area contributed by atoms with Crippen LogP contribution in [0.4, 0.5) is 20.4 Å². The summed E-state index contributed by atoms with van der Waals surface area (Å²) in [4.78, 5) is 22.6. The lowest BCUT2D eigenvalue weighted by molar-refractivity contribution is -0.120. The van der Waals surface area contributed by atoms with Gasteiger partial charge in [0.1, 0.15) is 11.6 Å². The van der Waals surface area contributed by atoms with Crippen LogP contribution in [0.2, 0.25) is 0 Å². The van der Waals surface area contributed by atoms with Crippen molar-refractivity contribution in [3.05, 3.63) is 48.3 Å². The molecule has 120 valence electrons. The molecule has 5 nitrogen and oxygen atoms in total. The van der Waals surface area contributed by atoms with Gasteiger partial charge in [-0.1, -0.05) is 0 Å². The Morgan fingerprint density at radius 2 is 2.04 bits per heavy atom. The fourth-order valence-corrected chi connectivity index (χ4v) is 2.66. The van der Waals surface area contributed by atoms with Gasteiger partial charge in [0.2, 0.25) is 11.9 Å². The van der Waals surface area contributed by atoms with Gasteiger partial charge in [-0.05, 0) is 31.0 Å². The number of nitrogens with zero attached hydrogens (tertiary/aromatic N) is 3. The Kier molecular flexibility index (Phi) is 4.45. The molecule has 0 bridgehead atoms. The molecule has 23 heavy (non-hydrogen) atoms. The summed E-state index contributed by atoms with van der Waals surface area (Å²) in [5.41, 5.74) is -0.136. The zero-order valence-electron chi connectivity index (χ0n) is 12.4. The molecule has 3 rings (SSSR count). The summed E-state index contributed by atoms with van der Waals surface area (Å²) in [6.45, 7) is 1.22. The lowest BCUT2D eigenvalue weighted by Gasteiger charge is -2.31. The Balaban J connectivity index is 1.69. The lowest BCUT2D eigenvalue weighted by atomic mass is 9.97. The van der Waals surface area contributed by atoms with E-state index in [1.807, 2.05) is 4.90 Å². The van der Waals surface area contributed by atoms with Gasteiger partial charge in [-0.3, -0.25) is 4.79 Å². The minimum Gasteiger partial charge on any atom is -0.340 e. The highest BCUT2D eigenvalue weighted by Gasteiger charge is 2.27. The van der Waals surface area contributed by atoms with Crippen molar-refractivity contribution in [3.8, 4) is 0 Å². The molecule has 1 aromatic heterocycles. The van der Waals surface area contributed by atoms with E-state index in [1.54, 1.807) is 18.5 Å². The van der Waals surface area contributed by atoms with Crippen molar-refractivity contribution < 1.29 is 13.6 Å². The molecule has 0 saturated carbocycles. The van der Waals surface area contributed by atoms with E-state index in [9.17, 15) is 13.6 Å². The topological polar surface area (TPSA) is 58.1 Å². The highest BCUT2D eigenvalue weighted by Crippen LogP contribution is 2.22. The molecule has 1 fully saturated rings. The summed E-state index contributed by atoms with van der Waals surface area (Å²) in [5, 5.41) is 2.47. The average Bonchev–Trinajstić information content (AvgIpc) is 2.59. The van der Waals surface area contributed by atoms with Gasteiger partial charge in [0.05, 0.1) is 11.6 Å². The molecule has 1 aliphatic rings. The van der Waals surface area contributed by atoms with Crippen LogP contribution >= 0.6 is 0 Å². The SMILES string of the molecule is O=C(Nc1cc(F)ccc1F)C1CCCN(c2ncccn2)C1. The summed E-state index contributed by atoms with van der Waals surface area (Å²) < 4.78 is 26.8. The molecule has 2 aromatic rings. The maximum absolute atomic E-state index is 13.6. The first-order chi connectivity index (χ1) is 11.1. The average molecular weight is 318 g/mol. The fourth-order valence-electron chi connectivity index (χ4n) is 2.66. The number of aromatic nitrogens is 2. The van der Waals surface area contributed by atoms with Crippen molar-refractivity contribution in [1.29, 1.82) is 0 Å². The molecule has 1 amide bonds. The third-order valence-electron chi connectivity index (χ3n) is 3.81. The van der Waals surface area contributed by atoms with Gasteiger partial charge < -0.3 is 10.2 Å². The Morgan fingerprint density at radius 1 is 1.26 bits per heavy atom. The second kappa shape index (κ2) is 6.68. The van der Waals surface area contributed by atoms with Gasteiger partial charge in [0, 0.05) is 31.5 Å². The van der Waals surface area contributed by atoms with E-state index in [0.717, 1.165) is 31.2 Å². The molecule has 2 heterocycles. The number of rotatable bonds is 3. The fraction of sp³-hybridized carbons (Fsp3) is 0.312. The maximum Gasteiger partial charge on any atom is 0.229 e. The zero-order chi connectivity index (χ0) is 16.2. The van der Waals surface area contributed by atoms with Crippen molar-refractivity contribution >= 4 is 17.5 Å². The van der Waals surface area contributed by atoms with E-state index in [2.05, 4.69) is 15.3 Å². The Labute approximate surface area is 132 Å². The normalized spacial score (nSPS) is 17.8. The number of carbonyl (C=O) groups excluding carboxylic acids is 1.